The number of carbonyl (C=O) groups excluding carboxylic acids is 1. The third-order valence-corrected chi connectivity index (χ3v) is 5.23. The summed E-state index contributed by atoms with van der Waals surface area (Å²) >= 11 is 12.4. The molecule has 17 heavy (non-hydrogen) atoms. The van der Waals surface area contributed by atoms with E-state index < -0.39 is 8.07 Å². The molecule has 0 atom stereocenters. The van der Waals surface area contributed by atoms with Crippen molar-refractivity contribution >= 4 is 42.4 Å². The standard InChI is InChI=1S/C12H17Cl2NOSi/c1-5-15-12(16)10-8(13)6-7-9(14)11(10)17(2,3)4/h6-7H,5H2,1-4H3,(H,15,16). The van der Waals surface area contributed by atoms with Crippen LogP contribution in [0.2, 0.25) is 29.7 Å². The van der Waals surface area contributed by atoms with Crippen LogP contribution in [0.1, 0.15) is 17.3 Å². The summed E-state index contributed by atoms with van der Waals surface area (Å²) in [6.07, 6.45) is 0. The van der Waals surface area contributed by atoms with Crippen LogP contribution in [0.25, 0.3) is 0 Å². The minimum absolute atomic E-state index is 0.141. The fraction of sp³-hybridized carbons (Fsp3) is 0.417. The van der Waals surface area contributed by atoms with E-state index in [9.17, 15) is 4.79 Å². The molecule has 0 radical (unpaired) electrons. The smallest absolute Gasteiger partial charge is 0.252 e. The molecule has 0 aliphatic heterocycles. The highest BCUT2D eigenvalue weighted by molar-refractivity contribution is 6.91. The van der Waals surface area contributed by atoms with Gasteiger partial charge in [0.1, 0.15) is 0 Å². The zero-order chi connectivity index (χ0) is 13.2. The van der Waals surface area contributed by atoms with Crippen molar-refractivity contribution in [1.29, 1.82) is 0 Å². The van der Waals surface area contributed by atoms with Gasteiger partial charge in [0.05, 0.1) is 18.7 Å². The third-order valence-electron chi connectivity index (χ3n) is 2.42. The van der Waals surface area contributed by atoms with Gasteiger partial charge >= 0.3 is 0 Å². The second-order valence-corrected chi connectivity index (χ2v) is 10.7. The molecule has 0 saturated heterocycles. The fourth-order valence-corrected chi connectivity index (χ4v) is 4.88. The molecular weight excluding hydrogens is 273 g/mol. The zero-order valence-corrected chi connectivity index (χ0v) is 13.0. The van der Waals surface area contributed by atoms with E-state index >= 15 is 0 Å². The maximum absolute atomic E-state index is 12.1. The maximum atomic E-state index is 12.1. The monoisotopic (exact) mass is 289 g/mol. The lowest BCUT2D eigenvalue weighted by molar-refractivity contribution is 0.0957. The maximum Gasteiger partial charge on any atom is 0.252 e. The second kappa shape index (κ2) is 5.42. The fourth-order valence-electron chi connectivity index (χ4n) is 1.76. The Balaban J connectivity index is 3.46. The van der Waals surface area contributed by atoms with Crippen molar-refractivity contribution in [3.63, 3.8) is 0 Å². The molecule has 0 unspecified atom stereocenters. The molecule has 1 rings (SSSR count). The molecule has 1 amide bonds. The molecular formula is C12H17Cl2NOSi. The van der Waals surface area contributed by atoms with E-state index in [1.807, 2.05) is 6.92 Å². The van der Waals surface area contributed by atoms with Crippen LogP contribution in [0.3, 0.4) is 0 Å². The minimum Gasteiger partial charge on any atom is -0.352 e. The molecule has 0 spiro atoms. The number of amides is 1. The van der Waals surface area contributed by atoms with E-state index in [0.29, 0.717) is 22.2 Å². The summed E-state index contributed by atoms with van der Waals surface area (Å²) in [4.78, 5) is 12.1. The molecule has 1 aromatic rings. The Hall–Kier alpha value is -0.513. The first-order valence-electron chi connectivity index (χ1n) is 5.55. The average molecular weight is 290 g/mol. The molecule has 0 bridgehead atoms. The van der Waals surface area contributed by atoms with Crippen molar-refractivity contribution in [3.05, 3.63) is 27.7 Å². The lowest BCUT2D eigenvalue weighted by atomic mass is 10.2. The predicted molar refractivity (Wildman–Crippen MR) is 77.4 cm³/mol. The second-order valence-electron chi connectivity index (χ2n) is 4.89. The van der Waals surface area contributed by atoms with Crippen LogP contribution in [0, 0.1) is 0 Å². The number of hydrogen-bond acceptors (Lipinski definition) is 1. The van der Waals surface area contributed by atoms with Gasteiger partial charge in [0.25, 0.3) is 5.91 Å². The van der Waals surface area contributed by atoms with E-state index in [2.05, 4.69) is 25.0 Å². The van der Waals surface area contributed by atoms with Gasteiger partial charge in [-0.2, -0.15) is 0 Å². The van der Waals surface area contributed by atoms with E-state index in [0.717, 1.165) is 5.19 Å². The number of halogens is 2. The average Bonchev–Trinajstić information content (AvgIpc) is 2.19. The van der Waals surface area contributed by atoms with Crippen LogP contribution in [-0.4, -0.2) is 20.5 Å². The minimum atomic E-state index is -1.72. The highest BCUT2D eigenvalue weighted by Gasteiger charge is 2.28. The number of benzene rings is 1. The van der Waals surface area contributed by atoms with E-state index in [4.69, 9.17) is 23.2 Å². The first kappa shape index (κ1) is 14.5. The predicted octanol–water partition coefficient (Wildman–Crippen LogP) is 3.29. The van der Waals surface area contributed by atoms with Crippen LogP contribution in [0.5, 0.6) is 0 Å². The van der Waals surface area contributed by atoms with Crippen LogP contribution in [0.4, 0.5) is 0 Å². The summed E-state index contributed by atoms with van der Waals surface area (Å²) in [5.74, 6) is -0.141. The number of hydrogen-bond donors (Lipinski definition) is 1. The van der Waals surface area contributed by atoms with Crippen LogP contribution >= 0.6 is 23.2 Å². The van der Waals surface area contributed by atoms with Crippen molar-refractivity contribution in [3.8, 4) is 0 Å². The van der Waals surface area contributed by atoms with E-state index in [-0.39, 0.29) is 5.91 Å². The first-order chi connectivity index (χ1) is 7.79. The lowest BCUT2D eigenvalue weighted by Crippen LogP contribution is -2.44. The Morgan fingerprint density at radius 3 is 2.24 bits per heavy atom. The number of rotatable bonds is 3. The van der Waals surface area contributed by atoms with Gasteiger partial charge in [-0.3, -0.25) is 4.79 Å². The van der Waals surface area contributed by atoms with Gasteiger partial charge in [-0.05, 0) is 24.2 Å². The molecule has 0 heterocycles. The Bertz CT molecular complexity index is 441. The van der Waals surface area contributed by atoms with Gasteiger partial charge in [-0.1, -0.05) is 42.8 Å². The Morgan fingerprint density at radius 1 is 1.24 bits per heavy atom. The normalized spacial score (nSPS) is 11.4. The third kappa shape index (κ3) is 3.24. The molecule has 0 fully saturated rings. The van der Waals surface area contributed by atoms with Gasteiger partial charge < -0.3 is 5.32 Å². The molecule has 0 aliphatic rings. The van der Waals surface area contributed by atoms with Crippen molar-refractivity contribution < 1.29 is 4.79 Å². The molecule has 1 N–H and O–H groups in total. The largest absolute Gasteiger partial charge is 0.352 e. The van der Waals surface area contributed by atoms with Crippen molar-refractivity contribution in [2.24, 2.45) is 0 Å². The first-order valence-corrected chi connectivity index (χ1v) is 9.81. The summed E-state index contributed by atoms with van der Waals surface area (Å²) < 4.78 is 0. The molecule has 5 heteroatoms. The van der Waals surface area contributed by atoms with Gasteiger partial charge in [-0.25, -0.2) is 0 Å². The van der Waals surface area contributed by atoms with Gasteiger partial charge in [-0.15, -0.1) is 0 Å². The molecule has 0 aliphatic carbocycles. The highest BCUT2D eigenvalue weighted by Crippen LogP contribution is 2.22. The van der Waals surface area contributed by atoms with Crippen molar-refractivity contribution in [2.45, 2.75) is 26.6 Å². The van der Waals surface area contributed by atoms with Crippen molar-refractivity contribution in [1.82, 2.24) is 5.32 Å². The molecule has 1 aromatic carbocycles. The summed E-state index contributed by atoms with van der Waals surface area (Å²) in [5, 5.41) is 4.82. The summed E-state index contributed by atoms with van der Waals surface area (Å²) in [7, 11) is -1.72. The molecule has 0 aromatic heterocycles. The Labute approximate surface area is 113 Å². The van der Waals surface area contributed by atoms with Crippen LogP contribution < -0.4 is 10.5 Å². The highest BCUT2D eigenvalue weighted by atomic mass is 35.5. The van der Waals surface area contributed by atoms with E-state index in [1.165, 1.54) is 0 Å². The lowest BCUT2D eigenvalue weighted by Gasteiger charge is -2.23. The van der Waals surface area contributed by atoms with Crippen LogP contribution in [0.15, 0.2) is 12.1 Å². The van der Waals surface area contributed by atoms with Gasteiger partial charge in [0.15, 0.2) is 0 Å². The SMILES string of the molecule is CCNC(=O)c1c(Cl)ccc(Cl)c1[Si](C)(C)C. The summed E-state index contributed by atoms with van der Waals surface area (Å²) in [6, 6.07) is 3.44. The Morgan fingerprint density at radius 2 is 1.76 bits per heavy atom. The van der Waals surface area contributed by atoms with Crippen molar-refractivity contribution in [2.75, 3.05) is 6.54 Å². The number of carbonyl (C=O) groups is 1. The molecule has 0 saturated carbocycles. The van der Waals surface area contributed by atoms with Gasteiger partial charge in [0, 0.05) is 11.6 Å². The topological polar surface area (TPSA) is 29.1 Å². The van der Waals surface area contributed by atoms with Crippen LogP contribution in [-0.2, 0) is 0 Å². The van der Waals surface area contributed by atoms with E-state index in [1.54, 1.807) is 12.1 Å². The molecule has 2 nitrogen and oxygen atoms in total. The number of nitrogens with one attached hydrogen (secondary N) is 1. The summed E-state index contributed by atoms with van der Waals surface area (Å²) in [6.45, 7) is 8.89. The zero-order valence-electron chi connectivity index (χ0n) is 10.5. The quantitative estimate of drug-likeness (QED) is 0.850. The summed E-state index contributed by atoms with van der Waals surface area (Å²) in [5.41, 5.74) is 0.542. The molecule has 94 valence electrons. The van der Waals surface area contributed by atoms with Gasteiger partial charge in [0.2, 0.25) is 0 Å². The Kier molecular flexibility index (Phi) is 4.64.